The molecule has 0 spiro atoms. The Labute approximate surface area is 112 Å². The summed E-state index contributed by atoms with van der Waals surface area (Å²) in [6.07, 6.45) is 7.79. The predicted molar refractivity (Wildman–Crippen MR) is 72.9 cm³/mol. The summed E-state index contributed by atoms with van der Waals surface area (Å²) in [7, 11) is 0. The van der Waals surface area contributed by atoms with Crippen molar-refractivity contribution in [1.29, 1.82) is 0 Å². The average molecular weight is 264 g/mol. The van der Waals surface area contributed by atoms with Crippen molar-refractivity contribution in [2.75, 3.05) is 6.54 Å². The molecule has 1 heterocycles. The molecule has 5 nitrogen and oxygen atoms in total. The Bertz CT molecular complexity index is 465. The van der Waals surface area contributed by atoms with E-state index in [9.17, 15) is 10.1 Å². The highest BCUT2D eigenvalue weighted by Crippen LogP contribution is 2.32. The summed E-state index contributed by atoms with van der Waals surface area (Å²) in [6.45, 7) is 2.97. The van der Waals surface area contributed by atoms with Crippen LogP contribution in [0.25, 0.3) is 0 Å². The predicted octanol–water partition coefficient (Wildman–Crippen LogP) is 3.73. The summed E-state index contributed by atoms with van der Waals surface area (Å²) in [5, 5.41) is 14.1. The smallest absolute Gasteiger partial charge is 0.404 e. The maximum absolute atomic E-state index is 10.7. The van der Waals surface area contributed by atoms with Gasteiger partial charge in [-0.2, -0.15) is 0 Å². The molecule has 0 fully saturated rings. The van der Waals surface area contributed by atoms with Crippen LogP contribution in [0, 0.1) is 10.1 Å². The first-order valence-corrected chi connectivity index (χ1v) is 6.88. The van der Waals surface area contributed by atoms with E-state index in [-0.39, 0.29) is 11.9 Å². The fraction of sp³-hybridized carbons (Fsp3) is 0.571. The third kappa shape index (κ3) is 3.44. The molecule has 104 valence electrons. The van der Waals surface area contributed by atoms with Gasteiger partial charge in [0.05, 0.1) is 12.1 Å². The maximum atomic E-state index is 10.7. The molecule has 2 rings (SSSR count). The molecule has 1 N–H and O–H groups in total. The molecule has 1 unspecified atom stereocenters. The molecule has 19 heavy (non-hydrogen) atoms. The maximum Gasteiger partial charge on any atom is 0.433 e. The third-order valence-electron chi connectivity index (χ3n) is 3.37. The SMILES string of the molecule is CCCNC(C1=CCCCC1)c1ccc([N+](=O)[O-])o1. The molecule has 1 aliphatic carbocycles. The van der Waals surface area contributed by atoms with Crippen molar-refractivity contribution >= 4 is 5.88 Å². The van der Waals surface area contributed by atoms with Crippen LogP contribution in [0.3, 0.4) is 0 Å². The number of allylic oxidation sites excluding steroid dienone is 1. The molecular weight excluding hydrogens is 244 g/mol. The summed E-state index contributed by atoms with van der Waals surface area (Å²) in [5.74, 6) is 0.461. The highest BCUT2D eigenvalue weighted by atomic mass is 16.6. The van der Waals surface area contributed by atoms with Crippen molar-refractivity contribution in [3.8, 4) is 0 Å². The number of hydrogen-bond donors (Lipinski definition) is 1. The van der Waals surface area contributed by atoms with E-state index in [4.69, 9.17) is 4.42 Å². The molecule has 1 aliphatic rings. The normalized spacial score (nSPS) is 17.0. The van der Waals surface area contributed by atoms with Crippen LogP contribution in [-0.2, 0) is 0 Å². The second-order valence-electron chi connectivity index (χ2n) is 4.85. The lowest BCUT2D eigenvalue weighted by Crippen LogP contribution is -2.24. The van der Waals surface area contributed by atoms with Crippen molar-refractivity contribution in [2.45, 2.75) is 45.1 Å². The van der Waals surface area contributed by atoms with E-state index in [1.54, 1.807) is 6.07 Å². The second kappa shape index (κ2) is 6.52. The van der Waals surface area contributed by atoms with Crippen LogP contribution in [0.15, 0.2) is 28.2 Å². The van der Waals surface area contributed by atoms with E-state index < -0.39 is 4.92 Å². The fourth-order valence-electron chi connectivity index (χ4n) is 2.42. The highest BCUT2D eigenvalue weighted by molar-refractivity contribution is 5.27. The minimum atomic E-state index is -0.490. The van der Waals surface area contributed by atoms with Gasteiger partial charge in [0.15, 0.2) is 0 Å². The van der Waals surface area contributed by atoms with E-state index in [2.05, 4.69) is 18.3 Å². The zero-order valence-electron chi connectivity index (χ0n) is 11.2. The van der Waals surface area contributed by atoms with Gasteiger partial charge in [-0.05, 0) is 50.3 Å². The molecule has 0 saturated carbocycles. The van der Waals surface area contributed by atoms with Gasteiger partial charge in [0.25, 0.3) is 0 Å². The van der Waals surface area contributed by atoms with E-state index in [1.807, 2.05) is 0 Å². The standard InChI is InChI=1S/C14H20N2O3/c1-2-10-15-14(11-6-4-3-5-7-11)12-8-9-13(19-12)16(17)18/h6,8-9,14-15H,2-5,7,10H2,1H3. The number of rotatable bonds is 6. The minimum absolute atomic E-state index is 0.0195. The number of furan rings is 1. The van der Waals surface area contributed by atoms with Crippen molar-refractivity contribution in [3.63, 3.8) is 0 Å². The molecule has 1 aromatic rings. The van der Waals surface area contributed by atoms with Gasteiger partial charge in [-0.3, -0.25) is 10.1 Å². The van der Waals surface area contributed by atoms with Crippen molar-refractivity contribution < 1.29 is 9.34 Å². The Morgan fingerprint density at radius 2 is 2.32 bits per heavy atom. The molecule has 5 heteroatoms. The van der Waals surface area contributed by atoms with Gasteiger partial charge in [-0.25, -0.2) is 0 Å². The van der Waals surface area contributed by atoms with Crippen LogP contribution in [0.2, 0.25) is 0 Å². The van der Waals surface area contributed by atoms with E-state index in [1.165, 1.54) is 24.5 Å². The van der Waals surface area contributed by atoms with E-state index >= 15 is 0 Å². The number of nitrogens with zero attached hydrogens (tertiary/aromatic N) is 1. The first-order chi connectivity index (χ1) is 9.22. The molecule has 0 radical (unpaired) electrons. The number of nitrogens with one attached hydrogen (secondary N) is 1. The lowest BCUT2D eigenvalue weighted by molar-refractivity contribution is -0.402. The highest BCUT2D eigenvalue weighted by Gasteiger charge is 2.23. The Kier molecular flexibility index (Phi) is 4.74. The van der Waals surface area contributed by atoms with Crippen LogP contribution >= 0.6 is 0 Å². The molecule has 0 aromatic carbocycles. The number of hydrogen-bond acceptors (Lipinski definition) is 4. The van der Waals surface area contributed by atoms with Crippen molar-refractivity contribution in [1.82, 2.24) is 5.32 Å². The number of nitro groups is 1. The average Bonchev–Trinajstić information content (AvgIpc) is 2.90. The van der Waals surface area contributed by atoms with Gasteiger partial charge in [0.2, 0.25) is 0 Å². The lowest BCUT2D eigenvalue weighted by Gasteiger charge is -2.22. The van der Waals surface area contributed by atoms with Gasteiger partial charge in [0, 0.05) is 0 Å². The van der Waals surface area contributed by atoms with Crippen molar-refractivity contribution in [3.05, 3.63) is 39.7 Å². The van der Waals surface area contributed by atoms with Crippen molar-refractivity contribution in [2.24, 2.45) is 0 Å². The van der Waals surface area contributed by atoms with E-state index in [0.29, 0.717) is 5.76 Å². The zero-order valence-corrected chi connectivity index (χ0v) is 11.2. The summed E-state index contributed by atoms with van der Waals surface area (Å²) < 4.78 is 5.36. The second-order valence-corrected chi connectivity index (χ2v) is 4.85. The molecule has 0 saturated heterocycles. The van der Waals surface area contributed by atoms with Crippen LogP contribution in [0.1, 0.15) is 50.8 Å². The monoisotopic (exact) mass is 264 g/mol. The molecular formula is C14H20N2O3. The van der Waals surface area contributed by atoms with Gasteiger partial charge in [0.1, 0.15) is 10.7 Å². The van der Waals surface area contributed by atoms with Gasteiger partial charge >= 0.3 is 5.88 Å². The van der Waals surface area contributed by atoms with Crippen LogP contribution in [0.5, 0.6) is 0 Å². The first-order valence-electron chi connectivity index (χ1n) is 6.88. The summed E-state index contributed by atoms with van der Waals surface area (Å²) >= 11 is 0. The summed E-state index contributed by atoms with van der Waals surface area (Å²) in [6, 6.07) is 3.12. The largest absolute Gasteiger partial charge is 0.433 e. The molecule has 1 aromatic heterocycles. The van der Waals surface area contributed by atoms with Gasteiger partial charge in [-0.1, -0.05) is 13.0 Å². The zero-order chi connectivity index (χ0) is 13.7. The van der Waals surface area contributed by atoms with Gasteiger partial charge in [-0.15, -0.1) is 0 Å². The Morgan fingerprint density at radius 3 is 2.89 bits per heavy atom. The lowest BCUT2D eigenvalue weighted by atomic mass is 9.92. The molecule has 0 amide bonds. The molecule has 0 aliphatic heterocycles. The third-order valence-corrected chi connectivity index (χ3v) is 3.37. The molecule has 1 atom stereocenters. The Hall–Kier alpha value is -1.62. The Morgan fingerprint density at radius 1 is 1.47 bits per heavy atom. The van der Waals surface area contributed by atoms with Crippen LogP contribution in [-0.4, -0.2) is 11.5 Å². The Balaban J connectivity index is 2.20. The summed E-state index contributed by atoms with van der Waals surface area (Å²) in [4.78, 5) is 10.2. The fourth-order valence-corrected chi connectivity index (χ4v) is 2.42. The van der Waals surface area contributed by atoms with Gasteiger partial charge < -0.3 is 9.73 Å². The van der Waals surface area contributed by atoms with Crippen LogP contribution < -0.4 is 5.32 Å². The van der Waals surface area contributed by atoms with Crippen LogP contribution in [0.4, 0.5) is 5.88 Å². The summed E-state index contributed by atoms with van der Waals surface area (Å²) in [5.41, 5.74) is 1.30. The topological polar surface area (TPSA) is 68.3 Å². The van der Waals surface area contributed by atoms with E-state index in [0.717, 1.165) is 25.8 Å². The molecule has 0 bridgehead atoms. The quantitative estimate of drug-likeness (QED) is 0.483. The first kappa shape index (κ1) is 13.8. The minimum Gasteiger partial charge on any atom is -0.404 e.